The number of benzene rings is 1. The third-order valence-electron chi connectivity index (χ3n) is 11.1. The van der Waals surface area contributed by atoms with E-state index in [-0.39, 0.29) is 17.1 Å². The number of aryl methyl sites for hydroxylation is 1. The number of anilines is 1. The molecule has 1 saturated heterocycles. The largest absolute Gasteiger partial charge is 0.339 e. The van der Waals surface area contributed by atoms with Gasteiger partial charge in [0, 0.05) is 66.3 Å². The fourth-order valence-corrected chi connectivity index (χ4v) is 10.2. The number of hydrogen-bond donors (Lipinski definition) is 1. The maximum absolute atomic E-state index is 14.2. The molecule has 1 N–H and O–H groups in total. The van der Waals surface area contributed by atoms with E-state index in [2.05, 4.69) is 39.2 Å². The average molecular weight is 625 g/mol. The molecule has 3 fully saturated rings. The Morgan fingerprint density at radius 1 is 1.02 bits per heavy atom. The van der Waals surface area contributed by atoms with E-state index in [1.54, 1.807) is 16.1 Å². The number of pyridine rings is 1. The highest BCUT2D eigenvalue weighted by Crippen LogP contribution is 2.66. The number of aromatic amines is 1. The van der Waals surface area contributed by atoms with Gasteiger partial charge in [-0.3, -0.25) is 14.2 Å². The summed E-state index contributed by atoms with van der Waals surface area (Å²) >= 11 is 0. The summed E-state index contributed by atoms with van der Waals surface area (Å²) in [4.78, 5) is 24.5. The number of aromatic nitrogens is 6. The van der Waals surface area contributed by atoms with Crippen molar-refractivity contribution in [3.05, 3.63) is 48.5 Å². The first-order valence-electron chi connectivity index (χ1n) is 15.9. The van der Waals surface area contributed by atoms with Crippen molar-refractivity contribution >= 4 is 43.6 Å². The fourth-order valence-electron chi connectivity index (χ4n) is 8.94. The number of carbonyl (C=O) groups excluding carboxylic acids is 1. The van der Waals surface area contributed by atoms with Gasteiger partial charge < -0.3 is 9.88 Å². The van der Waals surface area contributed by atoms with E-state index in [0.29, 0.717) is 32.0 Å². The molecule has 5 aromatic rings. The summed E-state index contributed by atoms with van der Waals surface area (Å²) in [6.07, 6.45) is 13.8. The second-order valence-corrected chi connectivity index (χ2v) is 16.0. The lowest BCUT2D eigenvalue weighted by atomic mass is 9.48. The number of nitrogens with zero attached hydrogens (tertiary/aromatic N) is 7. The monoisotopic (exact) mass is 624 g/mol. The molecule has 1 aromatic carbocycles. The lowest BCUT2D eigenvalue weighted by Crippen LogP contribution is -2.69. The van der Waals surface area contributed by atoms with Crippen molar-refractivity contribution in [3.8, 4) is 22.4 Å². The van der Waals surface area contributed by atoms with Crippen LogP contribution in [-0.4, -0.2) is 74.0 Å². The van der Waals surface area contributed by atoms with Gasteiger partial charge in [0.05, 0.1) is 52.7 Å². The second kappa shape index (κ2) is 9.03. The van der Waals surface area contributed by atoms with Crippen molar-refractivity contribution < 1.29 is 13.2 Å². The van der Waals surface area contributed by atoms with Crippen LogP contribution in [0.3, 0.4) is 0 Å². The van der Waals surface area contributed by atoms with Crippen molar-refractivity contribution in [2.45, 2.75) is 56.9 Å². The highest BCUT2D eigenvalue weighted by molar-refractivity contribution is 7.89. The molecule has 1 amide bonds. The zero-order chi connectivity index (χ0) is 30.9. The van der Waals surface area contributed by atoms with Crippen molar-refractivity contribution in [3.63, 3.8) is 0 Å². The van der Waals surface area contributed by atoms with Crippen LogP contribution in [0.15, 0.2) is 43.0 Å². The third kappa shape index (κ3) is 3.63. The molecule has 232 valence electrons. The molecule has 2 spiro atoms. The van der Waals surface area contributed by atoms with Crippen LogP contribution >= 0.6 is 0 Å². The number of nitrogens with one attached hydrogen (secondary N) is 1. The van der Waals surface area contributed by atoms with Gasteiger partial charge in [0.15, 0.2) is 0 Å². The highest BCUT2D eigenvalue weighted by atomic mass is 32.2. The average Bonchev–Trinajstić information content (AvgIpc) is 3.82. The van der Waals surface area contributed by atoms with Gasteiger partial charge in [-0.1, -0.05) is 18.9 Å². The maximum atomic E-state index is 14.2. The van der Waals surface area contributed by atoms with Crippen LogP contribution in [0.1, 0.15) is 57.1 Å². The number of hydrogen-bond acceptors (Lipinski definition) is 6. The summed E-state index contributed by atoms with van der Waals surface area (Å²) < 4.78 is 30.7. The molecule has 6 heterocycles. The molecule has 45 heavy (non-hydrogen) atoms. The number of rotatable bonds is 5. The van der Waals surface area contributed by atoms with E-state index in [9.17, 15) is 13.2 Å². The van der Waals surface area contributed by atoms with Gasteiger partial charge in [0.1, 0.15) is 5.65 Å². The van der Waals surface area contributed by atoms with E-state index in [0.717, 1.165) is 68.4 Å². The molecule has 4 aromatic heterocycles. The molecular weight excluding hydrogens is 588 g/mol. The first-order chi connectivity index (χ1) is 21.6. The Bertz CT molecular complexity index is 2160. The summed E-state index contributed by atoms with van der Waals surface area (Å²) in [5.74, 6) is 0.165. The first kappa shape index (κ1) is 27.3. The lowest BCUT2D eigenvalue weighted by molar-refractivity contribution is -0.139. The van der Waals surface area contributed by atoms with Gasteiger partial charge in [0.2, 0.25) is 15.9 Å². The Labute approximate surface area is 261 Å². The van der Waals surface area contributed by atoms with E-state index >= 15 is 0 Å². The Morgan fingerprint density at radius 3 is 2.56 bits per heavy atom. The lowest BCUT2D eigenvalue weighted by Gasteiger charge is -2.62. The maximum Gasteiger partial charge on any atom is 0.237 e. The zero-order valence-corrected chi connectivity index (χ0v) is 26.6. The predicted octanol–water partition coefficient (Wildman–Crippen LogP) is 4.75. The minimum atomic E-state index is -3.25. The smallest absolute Gasteiger partial charge is 0.237 e. The molecule has 0 unspecified atom stereocenters. The molecular formula is C33H36N8O3S. The van der Waals surface area contributed by atoms with Crippen LogP contribution in [0.2, 0.25) is 0 Å². The van der Waals surface area contributed by atoms with Crippen LogP contribution in [0, 0.1) is 5.41 Å². The molecule has 4 aliphatic rings. The number of amides is 1. The number of fused-ring (bicyclic) bond motifs is 5. The number of carbonyl (C=O) groups is 1. The predicted molar refractivity (Wildman–Crippen MR) is 172 cm³/mol. The van der Waals surface area contributed by atoms with Crippen molar-refractivity contribution in [2.24, 2.45) is 12.5 Å². The molecule has 9 rings (SSSR count). The van der Waals surface area contributed by atoms with Gasteiger partial charge in [-0.15, -0.1) is 0 Å². The van der Waals surface area contributed by atoms with Crippen molar-refractivity contribution in [1.82, 2.24) is 33.8 Å². The summed E-state index contributed by atoms with van der Waals surface area (Å²) in [7, 11) is 0.534. The van der Waals surface area contributed by atoms with Gasteiger partial charge in [0.25, 0.3) is 0 Å². The Balaban J connectivity index is 1.23. The third-order valence-corrected chi connectivity index (χ3v) is 12.9. The standard InChI is InChI=1S/C33H36N8O3S/c1-4-45(43,44)40-18-32(19-40)16-33(17-32)28-25(38(2)31(33)42)14-34-30-27(28)26(20-9-10-24-21(11-20)12-35-39(24)3)29(37-30)22-13-36-41(15-22)23-7-5-6-8-23/h9-15,23H,4-8,16-19H2,1-3H3,(H,34,37). The van der Waals surface area contributed by atoms with Crippen LogP contribution < -0.4 is 4.90 Å². The molecule has 2 saturated carbocycles. The first-order valence-corrected chi connectivity index (χ1v) is 17.5. The summed E-state index contributed by atoms with van der Waals surface area (Å²) in [5.41, 5.74) is 6.70. The number of sulfonamides is 1. The quantitative estimate of drug-likeness (QED) is 0.301. The molecule has 12 heteroatoms. The number of likely N-dealkylation sites (N-methyl/N-ethyl adjacent to an activating group) is 1. The SMILES string of the molecule is CCS(=O)(=O)N1CC2(C1)CC1(C2)C(=O)N(C)c2cnc3[nH]c(-c4cnn(C5CCCC5)c4)c(-c4ccc5c(cnn5C)c4)c3c21. The molecule has 2 aliphatic heterocycles. The second-order valence-electron chi connectivity index (χ2n) is 13.8. The zero-order valence-electron chi connectivity index (χ0n) is 25.7. The molecule has 0 atom stereocenters. The van der Waals surface area contributed by atoms with E-state index < -0.39 is 15.4 Å². The van der Waals surface area contributed by atoms with Crippen LogP contribution in [-0.2, 0) is 27.3 Å². The van der Waals surface area contributed by atoms with E-state index in [1.807, 2.05) is 37.4 Å². The number of H-pyrrole nitrogens is 1. The topological polar surface area (TPSA) is 122 Å². The van der Waals surface area contributed by atoms with Gasteiger partial charge in [-0.2, -0.15) is 10.2 Å². The minimum Gasteiger partial charge on any atom is -0.339 e. The molecule has 0 radical (unpaired) electrons. The van der Waals surface area contributed by atoms with Crippen molar-refractivity contribution in [1.29, 1.82) is 0 Å². The molecule has 0 bridgehead atoms. The molecule has 11 nitrogen and oxygen atoms in total. The summed E-state index contributed by atoms with van der Waals surface area (Å²) in [6.45, 7) is 2.65. The van der Waals surface area contributed by atoms with Crippen LogP contribution in [0.5, 0.6) is 0 Å². The summed E-state index contributed by atoms with van der Waals surface area (Å²) in [6, 6.07) is 6.82. The normalized spacial score (nSPS) is 21.0. The fraction of sp³-hybridized carbons (Fsp3) is 0.455. The van der Waals surface area contributed by atoms with E-state index in [4.69, 9.17) is 10.1 Å². The van der Waals surface area contributed by atoms with Gasteiger partial charge >= 0.3 is 0 Å². The Morgan fingerprint density at radius 2 is 1.80 bits per heavy atom. The highest BCUT2D eigenvalue weighted by Gasteiger charge is 2.68. The van der Waals surface area contributed by atoms with Crippen LogP contribution in [0.4, 0.5) is 5.69 Å². The van der Waals surface area contributed by atoms with E-state index in [1.165, 1.54) is 12.8 Å². The van der Waals surface area contributed by atoms with Crippen LogP contribution in [0.25, 0.3) is 44.3 Å². The Hall–Kier alpha value is -4.03. The Kier molecular flexibility index (Phi) is 5.48. The van der Waals surface area contributed by atoms with Crippen molar-refractivity contribution in [2.75, 3.05) is 30.8 Å². The minimum absolute atomic E-state index is 0.0692. The molecule has 2 aliphatic carbocycles. The van der Waals surface area contributed by atoms with Gasteiger partial charge in [-0.25, -0.2) is 17.7 Å². The van der Waals surface area contributed by atoms with Gasteiger partial charge in [-0.05, 0) is 50.3 Å². The summed E-state index contributed by atoms with van der Waals surface area (Å²) in [5, 5.41) is 11.3.